The molecule has 0 aliphatic heterocycles. The average molecular weight is 860 g/mol. The number of aromatic nitrogens is 3. The number of rotatable bonds is 6. The van der Waals surface area contributed by atoms with Crippen molar-refractivity contribution in [3.8, 4) is 78.7 Å². The van der Waals surface area contributed by atoms with E-state index in [1.165, 1.54) is 69.5 Å². The minimum absolute atomic E-state index is 0.253. The second-order valence-corrected chi connectivity index (χ2v) is 19.0. The van der Waals surface area contributed by atoms with Gasteiger partial charge in [-0.25, -0.2) is 15.0 Å². The summed E-state index contributed by atoms with van der Waals surface area (Å²) in [6.07, 6.45) is 0. The molecule has 0 radical (unpaired) electrons. The normalized spacial score (nSPS) is 12.8. The molecule has 0 bridgehead atoms. The van der Waals surface area contributed by atoms with Crippen molar-refractivity contribution in [3.63, 3.8) is 0 Å². The van der Waals surface area contributed by atoms with Crippen LogP contribution in [-0.4, -0.2) is 15.0 Å². The summed E-state index contributed by atoms with van der Waals surface area (Å²) in [7, 11) is 0. The first-order valence-electron chi connectivity index (χ1n) is 22.6. The molecule has 66 heavy (non-hydrogen) atoms. The Kier molecular flexibility index (Phi) is 8.74. The van der Waals surface area contributed by atoms with Crippen LogP contribution in [0.25, 0.3) is 120 Å². The molecule has 4 heteroatoms. The summed E-state index contributed by atoms with van der Waals surface area (Å²) >= 11 is 1.87. The SMILES string of the molecule is CC1(C)c2ccccc2-c2cccc(-c3nc(-c4ccc(-c5ccccc5)cc4)nc(-c4cc(-c5ccccc5)cc(-c5ccc6c(ccc7ccc8sc9ccccc9c8c76)c5)c4)n3)c21. The molecule has 2 heterocycles. The third kappa shape index (κ3) is 6.21. The summed E-state index contributed by atoms with van der Waals surface area (Å²) in [4.78, 5) is 16.1. The summed E-state index contributed by atoms with van der Waals surface area (Å²) in [5.41, 5.74) is 14.5. The smallest absolute Gasteiger partial charge is 0.164 e. The highest BCUT2D eigenvalue weighted by atomic mass is 32.1. The van der Waals surface area contributed by atoms with Crippen LogP contribution in [0.5, 0.6) is 0 Å². The van der Waals surface area contributed by atoms with Gasteiger partial charge in [-0.3, -0.25) is 0 Å². The molecule has 310 valence electrons. The second-order valence-electron chi connectivity index (χ2n) is 17.9. The second kappa shape index (κ2) is 15.0. The van der Waals surface area contributed by atoms with Crippen molar-refractivity contribution in [2.75, 3.05) is 0 Å². The van der Waals surface area contributed by atoms with Crippen LogP contribution in [-0.2, 0) is 5.41 Å². The van der Waals surface area contributed by atoms with Gasteiger partial charge in [0.15, 0.2) is 17.5 Å². The molecule has 3 nitrogen and oxygen atoms in total. The number of hydrogen-bond acceptors (Lipinski definition) is 4. The van der Waals surface area contributed by atoms with E-state index in [2.05, 4.69) is 226 Å². The zero-order valence-corrected chi connectivity index (χ0v) is 37.3. The quantitative estimate of drug-likeness (QED) is 0.156. The topological polar surface area (TPSA) is 38.7 Å². The van der Waals surface area contributed by atoms with Crippen LogP contribution in [0, 0.1) is 0 Å². The van der Waals surface area contributed by atoms with Crippen LogP contribution in [0.4, 0.5) is 0 Å². The molecular weight excluding hydrogens is 819 g/mol. The lowest BCUT2D eigenvalue weighted by Gasteiger charge is -2.24. The highest BCUT2D eigenvalue weighted by Crippen LogP contribution is 2.52. The average Bonchev–Trinajstić information content (AvgIpc) is 3.88. The lowest BCUT2D eigenvalue weighted by molar-refractivity contribution is 0.661. The third-order valence-electron chi connectivity index (χ3n) is 13.7. The van der Waals surface area contributed by atoms with Crippen LogP contribution in [0.15, 0.2) is 212 Å². The monoisotopic (exact) mass is 859 g/mol. The molecule has 0 saturated heterocycles. The maximum absolute atomic E-state index is 5.45. The van der Waals surface area contributed by atoms with Crippen LogP contribution >= 0.6 is 11.3 Å². The van der Waals surface area contributed by atoms with Crippen molar-refractivity contribution in [1.29, 1.82) is 0 Å². The number of benzene rings is 10. The molecule has 0 saturated carbocycles. The molecule has 10 aromatic carbocycles. The van der Waals surface area contributed by atoms with Crippen LogP contribution in [0.3, 0.4) is 0 Å². The van der Waals surface area contributed by atoms with Gasteiger partial charge in [-0.1, -0.05) is 190 Å². The van der Waals surface area contributed by atoms with Crippen molar-refractivity contribution in [3.05, 3.63) is 223 Å². The number of fused-ring (bicyclic) bond motifs is 10. The molecule has 0 fully saturated rings. The van der Waals surface area contributed by atoms with Gasteiger partial charge in [0.25, 0.3) is 0 Å². The van der Waals surface area contributed by atoms with E-state index in [9.17, 15) is 0 Å². The van der Waals surface area contributed by atoms with Gasteiger partial charge in [-0.05, 0) is 114 Å². The summed E-state index contributed by atoms with van der Waals surface area (Å²) in [5.74, 6) is 1.93. The van der Waals surface area contributed by atoms with Gasteiger partial charge in [0, 0.05) is 42.3 Å². The Hall–Kier alpha value is -8.05. The minimum atomic E-state index is -0.253. The Morgan fingerprint density at radius 1 is 0.333 bits per heavy atom. The number of nitrogens with zero attached hydrogens (tertiary/aromatic N) is 3. The predicted molar refractivity (Wildman–Crippen MR) is 278 cm³/mol. The highest BCUT2D eigenvalue weighted by Gasteiger charge is 2.38. The van der Waals surface area contributed by atoms with Crippen molar-refractivity contribution < 1.29 is 0 Å². The van der Waals surface area contributed by atoms with Crippen molar-refractivity contribution in [2.24, 2.45) is 0 Å². The van der Waals surface area contributed by atoms with Crippen molar-refractivity contribution in [1.82, 2.24) is 15.0 Å². The molecular formula is C62H41N3S. The fourth-order valence-electron chi connectivity index (χ4n) is 10.5. The Labute approximate surface area is 387 Å². The van der Waals surface area contributed by atoms with E-state index < -0.39 is 0 Å². The van der Waals surface area contributed by atoms with Gasteiger partial charge in [0.1, 0.15) is 0 Å². The Bertz CT molecular complexity index is 3890. The highest BCUT2D eigenvalue weighted by molar-refractivity contribution is 7.26. The standard InChI is InChI=1S/C62H41N3S/c1-62(2)53-22-11-9-18-49(53)50-20-13-21-52(58(50)62)61-64-59(42-27-24-40(25-28-42)38-14-5-3-6-15-38)63-60(65-61)47-36-45(39-16-7-4-8-17-39)35-46(37-47)43-30-32-48-44(34-43)29-26-41-31-33-55-57(56(41)48)51-19-10-12-23-54(51)66-55/h3-37H,1-2H3. The predicted octanol–water partition coefficient (Wildman–Crippen LogP) is 16.9. The van der Waals surface area contributed by atoms with Gasteiger partial charge in [0.2, 0.25) is 0 Å². The lowest BCUT2D eigenvalue weighted by Crippen LogP contribution is -2.17. The third-order valence-corrected chi connectivity index (χ3v) is 14.8. The fraction of sp³-hybridized carbons (Fsp3) is 0.0484. The summed E-state index contributed by atoms with van der Waals surface area (Å²) in [6, 6.07) is 76.7. The maximum atomic E-state index is 5.45. The molecule has 0 unspecified atom stereocenters. The molecule has 1 aliphatic rings. The summed E-state index contributed by atoms with van der Waals surface area (Å²) in [5, 5.41) is 7.69. The molecule has 0 spiro atoms. The largest absolute Gasteiger partial charge is 0.208 e. The van der Waals surface area contributed by atoms with Crippen LogP contribution < -0.4 is 0 Å². The van der Waals surface area contributed by atoms with Crippen LogP contribution in [0.2, 0.25) is 0 Å². The Morgan fingerprint density at radius 3 is 1.70 bits per heavy atom. The van der Waals surface area contributed by atoms with Crippen LogP contribution in [0.1, 0.15) is 25.0 Å². The molecule has 0 N–H and O–H groups in total. The summed E-state index contributed by atoms with van der Waals surface area (Å²) in [6.45, 7) is 4.64. The maximum Gasteiger partial charge on any atom is 0.164 e. The van der Waals surface area contributed by atoms with Crippen molar-refractivity contribution >= 4 is 53.1 Å². The first-order valence-corrected chi connectivity index (χ1v) is 23.4. The van der Waals surface area contributed by atoms with Gasteiger partial charge in [-0.15, -0.1) is 11.3 Å². The van der Waals surface area contributed by atoms with Gasteiger partial charge >= 0.3 is 0 Å². The molecule has 1 aliphatic carbocycles. The minimum Gasteiger partial charge on any atom is -0.208 e. The Morgan fingerprint density at radius 2 is 0.894 bits per heavy atom. The number of hydrogen-bond donors (Lipinski definition) is 0. The molecule has 12 aromatic rings. The summed E-state index contributed by atoms with van der Waals surface area (Å²) < 4.78 is 2.63. The van der Waals surface area contributed by atoms with E-state index in [1.807, 2.05) is 11.3 Å². The molecule has 0 amide bonds. The number of thiophene rings is 1. The van der Waals surface area contributed by atoms with E-state index in [-0.39, 0.29) is 5.41 Å². The first kappa shape index (κ1) is 38.4. The van der Waals surface area contributed by atoms with E-state index >= 15 is 0 Å². The molecule has 13 rings (SSSR count). The molecule has 2 aromatic heterocycles. The van der Waals surface area contributed by atoms with Gasteiger partial charge in [0.05, 0.1) is 0 Å². The zero-order valence-electron chi connectivity index (χ0n) is 36.5. The zero-order chi connectivity index (χ0) is 43.9. The molecule has 0 atom stereocenters. The van der Waals surface area contributed by atoms with Crippen molar-refractivity contribution in [2.45, 2.75) is 19.3 Å². The van der Waals surface area contributed by atoms with Gasteiger partial charge in [-0.2, -0.15) is 0 Å². The fourth-order valence-corrected chi connectivity index (χ4v) is 11.6. The van der Waals surface area contributed by atoms with E-state index in [0.717, 1.165) is 44.5 Å². The lowest BCUT2D eigenvalue weighted by atomic mass is 9.80. The van der Waals surface area contributed by atoms with E-state index in [4.69, 9.17) is 15.0 Å². The van der Waals surface area contributed by atoms with E-state index in [0.29, 0.717) is 17.5 Å². The van der Waals surface area contributed by atoms with Gasteiger partial charge < -0.3 is 0 Å². The van der Waals surface area contributed by atoms with E-state index in [1.54, 1.807) is 0 Å². The first-order chi connectivity index (χ1) is 32.4. The Balaban J connectivity index is 1.01.